The van der Waals surface area contributed by atoms with Crippen molar-refractivity contribution in [2.24, 2.45) is 5.73 Å². The predicted molar refractivity (Wildman–Crippen MR) is 87.8 cm³/mol. The van der Waals surface area contributed by atoms with E-state index in [1.54, 1.807) is 12.1 Å². The summed E-state index contributed by atoms with van der Waals surface area (Å²) >= 11 is 4.11. The van der Waals surface area contributed by atoms with Crippen LogP contribution in [0.25, 0.3) is 0 Å². The second-order valence-electron chi connectivity index (χ2n) is 6.18. The summed E-state index contributed by atoms with van der Waals surface area (Å²) in [4.78, 5) is 35.9. The average molecular weight is 320 g/mol. The Hall–Kier alpha value is -1.82. The van der Waals surface area contributed by atoms with Crippen molar-refractivity contribution in [2.45, 2.75) is 43.8 Å². The minimum Gasteiger partial charge on any atom is -0.370 e. The summed E-state index contributed by atoms with van der Waals surface area (Å²) in [5, 5.41) is -0.556. The molecule has 1 aromatic carbocycles. The van der Waals surface area contributed by atoms with Crippen LogP contribution in [-0.4, -0.2) is 23.0 Å². The van der Waals surface area contributed by atoms with Crippen LogP contribution in [-0.2, 0) is 19.8 Å². The molecule has 1 heterocycles. The van der Waals surface area contributed by atoms with Crippen LogP contribution in [0.5, 0.6) is 0 Å². The Morgan fingerprint density at radius 2 is 1.91 bits per heavy atom. The normalized spacial score (nSPS) is 18.9. The Balaban J connectivity index is 2.18. The zero-order chi connectivity index (χ0) is 16.5. The Bertz CT molecular complexity index is 610. The summed E-state index contributed by atoms with van der Waals surface area (Å²) in [5.74, 6) is -0.836. The van der Waals surface area contributed by atoms with E-state index in [0.29, 0.717) is 18.5 Å². The first-order valence-corrected chi connectivity index (χ1v) is 7.68. The molecule has 0 bridgehead atoms. The molecule has 1 unspecified atom stereocenters. The van der Waals surface area contributed by atoms with E-state index in [4.69, 9.17) is 5.73 Å². The summed E-state index contributed by atoms with van der Waals surface area (Å²) in [7, 11) is 0. The molecule has 0 spiro atoms. The van der Waals surface area contributed by atoms with Gasteiger partial charge in [-0.15, -0.1) is 0 Å². The lowest BCUT2D eigenvalue weighted by Gasteiger charge is -2.25. The Labute approximate surface area is 135 Å². The van der Waals surface area contributed by atoms with Crippen molar-refractivity contribution >= 4 is 36.0 Å². The van der Waals surface area contributed by atoms with Crippen LogP contribution in [0.1, 0.15) is 38.7 Å². The van der Waals surface area contributed by atoms with E-state index in [9.17, 15) is 14.4 Å². The number of nitrogens with two attached hydrogens (primary N) is 1. The third-order valence-electron chi connectivity index (χ3n) is 4.03. The standard InChI is InChI=1S/C16H20N2O3S/c1-16(2,8-7-13(17)19)10-3-5-11(6-4-10)18-14(20)9-12(22)15(18)21/h3-6,12,22H,7-9H2,1-2H3,(H2,17,19). The van der Waals surface area contributed by atoms with Gasteiger partial charge in [-0.2, -0.15) is 12.6 Å². The number of carbonyl (C=O) groups excluding carboxylic acids is 3. The van der Waals surface area contributed by atoms with E-state index < -0.39 is 5.25 Å². The quantitative estimate of drug-likeness (QED) is 0.641. The van der Waals surface area contributed by atoms with Crippen molar-refractivity contribution in [1.29, 1.82) is 0 Å². The van der Waals surface area contributed by atoms with Gasteiger partial charge in [0.1, 0.15) is 0 Å². The lowest BCUT2D eigenvalue weighted by atomic mass is 9.80. The summed E-state index contributed by atoms with van der Waals surface area (Å²) < 4.78 is 0. The summed E-state index contributed by atoms with van der Waals surface area (Å²) in [6.45, 7) is 4.06. The van der Waals surface area contributed by atoms with Gasteiger partial charge in [0.05, 0.1) is 10.9 Å². The van der Waals surface area contributed by atoms with Crippen LogP contribution >= 0.6 is 12.6 Å². The van der Waals surface area contributed by atoms with E-state index >= 15 is 0 Å². The van der Waals surface area contributed by atoms with Crippen LogP contribution in [0.2, 0.25) is 0 Å². The van der Waals surface area contributed by atoms with Crippen LogP contribution in [0, 0.1) is 0 Å². The number of thiol groups is 1. The molecule has 0 aliphatic carbocycles. The Morgan fingerprint density at radius 1 is 1.32 bits per heavy atom. The zero-order valence-corrected chi connectivity index (χ0v) is 13.6. The van der Waals surface area contributed by atoms with Crippen molar-refractivity contribution < 1.29 is 14.4 Å². The number of hydrogen-bond acceptors (Lipinski definition) is 4. The third-order valence-corrected chi connectivity index (χ3v) is 4.43. The van der Waals surface area contributed by atoms with E-state index in [1.165, 1.54) is 4.90 Å². The molecule has 0 aromatic heterocycles. The topological polar surface area (TPSA) is 80.5 Å². The summed E-state index contributed by atoms with van der Waals surface area (Å²) in [5.41, 5.74) is 6.57. The van der Waals surface area contributed by atoms with E-state index in [0.717, 1.165) is 5.56 Å². The molecule has 1 saturated heterocycles. The molecule has 2 N–H and O–H groups in total. The van der Waals surface area contributed by atoms with Gasteiger partial charge in [0, 0.05) is 12.8 Å². The maximum atomic E-state index is 12.0. The molecule has 22 heavy (non-hydrogen) atoms. The molecule has 1 aromatic rings. The van der Waals surface area contributed by atoms with Crippen molar-refractivity contribution in [1.82, 2.24) is 0 Å². The van der Waals surface area contributed by atoms with Gasteiger partial charge < -0.3 is 5.73 Å². The van der Waals surface area contributed by atoms with E-state index in [-0.39, 0.29) is 29.6 Å². The molecule has 1 aliphatic heterocycles. The number of carbonyl (C=O) groups is 3. The second kappa shape index (κ2) is 6.12. The Kier molecular flexibility index (Phi) is 4.60. The average Bonchev–Trinajstić information content (AvgIpc) is 2.70. The molecule has 118 valence electrons. The number of hydrogen-bond donors (Lipinski definition) is 2. The molecule has 6 heteroatoms. The SMILES string of the molecule is CC(C)(CCC(N)=O)c1ccc(N2C(=O)CC(S)C2=O)cc1. The minimum atomic E-state index is -0.556. The van der Waals surface area contributed by atoms with Crippen molar-refractivity contribution in [3.63, 3.8) is 0 Å². The molecule has 0 radical (unpaired) electrons. The number of imide groups is 1. The highest BCUT2D eigenvalue weighted by Crippen LogP contribution is 2.31. The van der Waals surface area contributed by atoms with Gasteiger partial charge in [-0.1, -0.05) is 26.0 Å². The van der Waals surface area contributed by atoms with Gasteiger partial charge in [0.15, 0.2) is 0 Å². The molecular weight excluding hydrogens is 300 g/mol. The monoisotopic (exact) mass is 320 g/mol. The zero-order valence-electron chi connectivity index (χ0n) is 12.7. The molecule has 1 fully saturated rings. The van der Waals surface area contributed by atoms with Gasteiger partial charge in [-0.05, 0) is 29.5 Å². The summed E-state index contributed by atoms with van der Waals surface area (Å²) in [6, 6.07) is 7.26. The highest BCUT2D eigenvalue weighted by atomic mass is 32.1. The van der Waals surface area contributed by atoms with Gasteiger partial charge in [0.2, 0.25) is 17.7 Å². The molecular formula is C16H20N2O3S. The smallest absolute Gasteiger partial charge is 0.247 e. The largest absolute Gasteiger partial charge is 0.370 e. The van der Waals surface area contributed by atoms with Crippen molar-refractivity contribution in [3.05, 3.63) is 29.8 Å². The molecule has 3 amide bonds. The molecule has 1 aliphatic rings. The van der Waals surface area contributed by atoms with Gasteiger partial charge >= 0.3 is 0 Å². The summed E-state index contributed by atoms with van der Waals surface area (Å²) in [6.07, 6.45) is 1.09. The van der Waals surface area contributed by atoms with Crippen LogP contribution in [0.3, 0.4) is 0 Å². The molecule has 5 nitrogen and oxygen atoms in total. The highest BCUT2D eigenvalue weighted by molar-refractivity contribution is 7.82. The van der Waals surface area contributed by atoms with Crippen LogP contribution in [0.15, 0.2) is 24.3 Å². The number of nitrogens with zero attached hydrogens (tertiary/aromatic N) is 1. The first-order chi connectivity index (χ1) is 10.2. The minimum absolute atomic E-state index is 0.133. The number of amides is 3. The lowest BCUT2D eigenvalue weighted by Crippen LogP contribution is -2.30. The van der Waals surface area contributed by atoms with Gasteiger partial charge in [-0.25, -0.2) is 4.90 Å². The van der Waals surface area contributed by atoms with Crippen molar-refractivity contribution in [2.75, 3.05) is 4.90 Å². The first kappa shape index (κ1) is 16.5. The highest BCUT2D eigenvalue weighted by Gasteiger charge is 2.37. The van der Waals surface area contributed by atoms with E-state index in [1.807, 2.05) is 26.0 Å². The fourth-order valence-corrected chi connectivity index (χ4v) is 2.80. The predicted octanol–water partition coefficient (Wildman–Crippen LogP) is 1.79. The maximum Gasteiger partial charge on any atom is 0.247 e. The van der Waals surface area contributed by atoms with E-state index in [2.05, 4.69) is 12.6 Å². The first-order valence-electron chi connectivity index (χ1n) is 7.16. The van der Waals surface area contributed by atoms with Crippen LogP contribution < -0.4 is 10.6 Å². The van der Waals surface area contributed by atoms with Crippen molar-refractivity contribution in [3.8, 4) is 0 Å². The Morgan fingerprint density at radius 3 is 2.36 bits per heavy atom. The lowest BCUT2D eigenvalue weighted by molar-refractivity contribution is -0.121. The number of benzene rings is 1. The fraction of sp³-hybridized carbons (Fsp3) is 0.438. The third kappa shape index (κ3) is 3.32. The molecule has 0 saturated carbocycles. The second-order valence-corrected chi connectivity index (χ2v) is 6.81. The maximum absolute atomic E-state index is 12.0. The van der Waals surface area contributed by atoms with Gasteiger partial charge in [0.25, 0.3) is 0 Å². The fourth-order valence-electron chi connectivity index (χ4n) is 2.53. The number of primary amides is 1. The number of anilines is 1. The van der Waals surface area contributed by atoms with Gasteiger partial charge in [-0.3, -0.25) is 14.4 Å². The number of rotatable bonds is 5. The molecule has 2 rings (SSSR count). The van der Waals surface area contributed by atoms with Crippen LogP contribution in [0.4, 0.5) is 5.69 Å². The molecule has 1 atom stereocenters.